The molecule has 1 heterocycles. The molecule has 4 N–H and O–H groups in total. The second-order valence-electron chi connectivity index (χ2n) is 3.51. The normalized spacial score (nSPS) is 10.1. The lowest BCUT2D eigenvalue weighted by Crippen LogP contribution is -2.17. The quantitative estimate of drug-likeness (QED) is 0.589. The molecule has 0 atom stereocenters. The molecule has 19 heavy (non-hydrogen) atoms. The van der Waals surface area contributed by atoms with E-state index in [1.165, 1.54) is 24.5 Å². The molecule has 0 spiro atoms. The molecule has 0 saturated carbocycles. The number of carbonyl (C=O) groups is 1. The molecular weight excluding hydrogens is 273 g/mol. The summed E-state index contributed by atoms with van der Waals surface area (Å²) < 4.78 is 12.9. The van der Waals surface area contributed by atoms with Crippen molar-refractivity contribution in [2.45, 2.75) is 0 Å². The van der Waals surface area contributed by atoms with Crippen LogP contribution in [0.5, 0.6) is 0 Å². The third-order valence-corrected chi connectivity index (χ3v) is 2.51. The Kier molecular flexibility index (Phi) is 3.88. The van der Waals surface area contributed by atoms with Crippen molar-refractivity contribution in [1.29, 1.82) is 0 Å². The number of halogens is 2. The summed E-state index contributed by atoms with van der Waals surface area (Å²) in [5, 5.41) is 2.59. The number of nitrogens with zero attached hydrogens (tertiary/aromatic N) is 2. The number of aromatic nitrogens is 2. The smallest absolute Gasteiger partial charge is 0.275 e. The molecule has 0 saturated heterocycles. The molecule has 0 bridgehead atoms. The van der Waals surface area contributed by atoms with Gasteiger partial charge >= 0.3 is 0 Å². The van der Waals surface area contributed by atoms with Gasteiger partial charge in [0.05, 0.1) is 23.1 Å². The highest BCUT2D eigenvalue weighted by atomic mass is 35.5. The topological polar surface area (TPSA) is 92.9 Å². The Morgan fingerprint density at radius 2 is 2.16 bits per heavy atom. The fourth-order valence-electron chi connectivity index (χ4n) is 1.32. The predicted octanol–water partition coefficient (Wildman–Crippen LogP) is 1.81. The minimum atomic E-state index is -0.530. The van der Waals surface area contributed by atoms with Crippen LogP contribution in [-0.4, -0.2) is 15.9 Å². The highest BCUT2D eigenvalue weighted by Crippen LogP contribution is 2.22. The summed E-state index contributed by atoms with van der Waals surface area (Å²) in [6.07, 6.45) is 2.63. The van der Waals surface area contributed by atoms with Crippen molar-refractivity contribution in [2.75, 3.05) is 10.7 Å². The van der Waals surface area contributed by atoms with Gasteiger partial charge in [-0.1, -0.05) is 11.6 Å². The maximum absolute atomic E-state index is 12.9. The number of carbonyl (C=O) groups excluding carboxylic acids is 1. The Hall–Kier alpha value is -2.25. The summed E-state index contributed by atoms with van der Waals surface area (Å²) in [5.41, 5.74) is 2.61. The molecule has 1 amide bonds. The molecule has 2 rings (SSSR count). The second kappa shape index (κ2) is 5.59. The van der Waals surface area contributed by atoms with E-state index in [2.05, 4.69) is 20.7 Å². The molecule has 0 aliphatic carbocycles. The average Bonchev–Trinajstić information content (AvgIpc) is 2.42. The van der Waals surface area contributed by atoms with Crippen LogP contribution in [0.1, 0.15) is 10.5 Å². The molecule has 0 fully saturated rings. The van der Waals surface area contributed by atoms with Gasteiger partial charge in [-0.05, 0) is 18.2 Å². The number of nitrogens with one attached hydrogen (secondary N) is 2. The Bertz CT molecular complexity index is 622. The van der Waals surface area contributed by atoms with E-state index < -0.39 is 11.7 Å². The fourth-order valence-corrected chi connectivity index (χ4v) is 1.54. The summed E-state index contributed by atoms with van der Waals surface area (Å²) in [5.74, 6) is 4.39. The largest absolute Gasteiger partial charge is 0.319 e. The van der Waals surface area contributed by atoms with Gasteiger partial charge in [-0.25, -0.2) is 15.2 Å². The van der Waals surface area contributed by atoms with Gasteiger partial charge in [0.15, 0.2) is 5.82 Å². The Morgan fingerprint density at radius 1 is 1.37 bits per heavy atom. The van der Waals surface area contributed by atoms with Gasteiger partial charge in [-0.2, -0.15) is 0 Å². The van der Waals surface area contributed by atoms with Crippen LogP contribution < -0.4 is 16.6 Å². The monoisotopic (exact) mass is 281 g/mol. The summed E-state index contributed by atoms with van der Waals surface area (Å²) in [6, 6.07) is 3.64. The zero-order valence-electron chi connectivity index (χ0n) is 9.52. The van der Waals surface area contributed by atoms with E-state index >= 15 is 0 Å². The van der Waals surface area contributed by atoms with Crippen LogP contribution >= 0.6 is 11.6 Å². The lowest BCUT2D eigenvalue weighted by atomic mass is 10.3. The van der Waals surface area contributed by atoms with Gasteiger partial charge in [-0.3, -0.25) is 9.78 Å². The first-order valence-electron chi connectivity index (χ1n) is 5.15. The zero-order chi connectivity index (χ0) is 13.8. The maximum atomic E-state index is 12.9. The van der Waals surface area contributed by atoms with Crippen molar-refractivity contribution in [3.63, 3.8) is 0 Å². The number of amides is 1. The predicted molar refractivity (Wildman–Crippen MR) is 69.2 cm³/mol. The van der Waals surface area contributed by atoms with Crippen molar-refractivity contribution < 1.29 is 9.18 Å². The molecule has 1 aromatic carbocycles. The molecular formula is C11H9ClFN5O. The third kappa shape index (κ3) is 3.15. The minimum Gasteiger partial charge on any atom is -0.319 e. The molecule has 0 aliphatic rings. The molecule has 0 radical (unpaired) electrons. The summed E-state index contributed by atoms with van der Waals surface area (Å²) in [7, 11) is 0. The molecule has 0 aliphatic heterocycles. The Labute approximate surface area is 112 Å². The summed E-state index contributed by atoms with van der Waals surface area (Å²) in [4.78, 5) is 19.6. The van der Waals surface area contributed by atoms with Gasteiger partial charge in [0.25, 0.3) is 5.91 Å². The van der Waals surface area contributed by atoms with Gasteiger partial charge in [-0.15, -0.1) is 0 Å². The van der Waals surface area contributed by atoms with Gasteiger partial charge in [0, 0.05) is 0 Å². The van der Waals surface area contributed by atoms with Crippen LogP contribution in [0.2, 0.25) is 5.02 Å². The SMILES string of the molecule is NNc1cncc(C(=O)Nc2ccc(F)cc2Cl)n1. The van der Waals surface area contributed by atoms with Crippen LogP contribution in [0.4, 0.5) is 15.9 Å². The number of anilines is 2. The number of nitrogens with two attached hydrogens (primary N) is 1. The number of nitrogen functional groups attached to an aromatic ring is 1. The van der Waals surface area contributed by atoms with Crippen LogP contribution in [0.3, 0.4) is 0 Å². The molecule has 6 nitrogen and oxygen atoms in total. The minimum absolute atomic E-state index is 0.0517. The average molecular weight is 282 g/mol. The van der Waals surface area contributed by atoms with Crippen LogP contribution in [-0.2, 0) is 0 Å². The highest BCUT2D eigenvalue weighted by Gasteiger charge is 2.11. The third-order valence-electron chi connectivity index (χ3n) is 2.19. The molecule has 0 unspecified atom stereocenters. The van der Waals surface area contributed by atoms with Gasteiger partial charge < -0.3 is 10.7 Å². The zero-order valence-corrected chi connectivity index (χ0v) is 10.3. The first-order valence-corrected chi connectivity index (χ1v) is 5.53. The van der Waals surface area contributed by atoms with Crippen molar-refractivity contribution in [2.24, 2.45) is 5.84 Å². The molecule has 1 aromatic heterocycles. The van der Waals surface area contributed by atoms with E-state index in [0.29, 0.717) is 0 Å². The van der Waals surface area contributed by atoms with E-state index in [-0.39, 0.29) is 22.2 Å². The second-order valence-corrected chi connectivity index (χ2v) is 3.92. The first kappa shape index (κ1) is 13.2. The number of hydrazine groups is 1. The molecule has 2 aromatic rings. The van der Waals surface area contributed by atoms with E-state index in [1.807, 2.05) is 0 Å². The van der Waals surface area contributed by atoms with Gasteiger partial charge in [0.2, 0.25) is 0 Å². The van der Waals surface area contributed by atoms with E-state index in [4.69, 9.17) is 17.4 Å². The lowest BCUT2D eigenvalue weighted by Gasteiger charge is -2.07. The number of hydrogen-bond acceptors (Lipinski definition) is 5. The van der Waals surface area contributed by atoms with Crippen molar-refractivity contribution in [1.82, 2.24) is 9.97 Å². The van der Waals surface area contributed by atoms with E-state index in [1.54, 1.807) is 0 Å². The summed E-state index contributed by atoms with van der Waals surface area (Å²) >= 11 is 5.80. The lowest BCUT2D eigenvalue weighted by molar-refractivity contribution is 0.102. The first-order chi connectivity index (χ1) is 9.10. The van der Waals surface area contributed by atoms with Crippen molar-refractivity contribution in [3.05, 3.63) is 47.1 Å². The van der Waals surface area contributed by atoms with Crippen LogP contribution in [0, 0.1) is 5.82 Å². The Morgan fingerprint density at radius 3 is 2.84 bits per heavy atom. The van der Waals surface area contributed by atoms with Crippen molar-refractivity contribution in [3.8, 4) is 0 Å². The maximum Gasteiger partial charge on any atom is 0.275 e. The molecule has 98 valence electrons. The Balaban J connectivity index is 2.20. The standard InChI is InChI=1S/C11H9ClFN5O/c12-7-3-6(13)1-2-8(7)17-11(19)9-4-15-5-10(16-9)18-14/h1-5H,14H2,(H,16,18)(H,17,19). The highest BCUT2D eigenvalue weighted by molar-refractivity contribution is 6.33. The number of hydrogen-bond donors (Lipinski definition) is 3. The van der Waals surface area contributed by atoms with Crippen LogP contribution in [0.25, 0.3) is 0 Å². The number of benzene rings is 1. The number of rotatable bonds is 3. The van der Waals surface area contributed by atoms with Crippen molar-refractivity contribution >= 4 is 29.0 Å². The fraction of sp³-hybridized carbons (Fsp3) is 0. The van der Waals surface area contributed by atoms with Gasteiger partial charge in [0.1, 0.15) is 11.5 Å². The van der Waals surface area contributed by atoms with E-state index in [0.717, 1.165) is 6.07 Å². The van der Waals surface area contributed by atoms with E-state index in [9.17, 15) is 9.18 Å². The summed E-state index contributed by atoms with van der Waals surface area (Å²) in [6.45, 7) is 0. The van der Waals surface area contributed by atoms with Crippen LogP contribution in [0.15, 0.2) is 30.6 Å². The molecule has 8 heteroatoms.